The van der Waals surface area contributed by atoms with Crippen LogP contribution in [0.4, 0.5) is 0 Å². The normalized spacial score (nSPS) is 10.1. The zero-order chi connectivity index (χ0) is 11.5. The van der Waals surface area contributed by atoms with Gasteiger partial charge >= 0.3 is 0 Å². The molecule has 2 aromatic rings. The Morgan fingerprint density at radius 2 is 1.94 bits per heavy atom. The summed E-state index contributed by atoms with van der Waals surface area (Å²) >= 11 is 0. The topological polar surface area (TPSA) is 39.4 Å². The van der Waals surface area contributed by atoms with E-state index in [4.69, 9.17) is 9.15 Å². The van der Waals surface area contributed by atoms with Crippen LogP contribution in [0.5, 0.6) is 5.75 Å². The molecule has 0 N–H and O–H groups in total. The maximum Gasteiger partial charge on any atom is 0.194 e. The molecule has 0 aliphatic heterocycles. The number of methoxy groups -OCH3 is 1. The molecule has 82 valence electrons. The van der Waals surface area contributed by atoms with E-state index in [0.717, 1.165) is 11.3 Å². The average Bonchev–Trinajstić information content (AvgIpc) is 2.78. The van der Waals surface area contributed by atoms with E-state index in [9.17, 15) is 4.79 Å². The molecule has 0 fully saturated rings. The number of carbonyl (C=O) groups excluding carboxylic acids is 1. The van der Waals surface area contributed by atoms with Crippen molar-refractivity contribution in [3.63, 3.8) is 0 Å². The number of ether oxygens (including phenoxy) is 1. The fourth-order valence-electron chi connectivity index (χ4n) is 1.52. The van der Waals surface area contributed by atoms with Crippen LogP contribution in [-0.4, -0.2) is 12.9 Å². The second kappa shape index (κ2) is 4.23. The summed E-state index contributed by atoms with van der Waals surface area (Å²) in [6.07, 6.45) is 0. The van der Waals surface area contributed by atoms with Gasteiger partial charge in [-0.2, -0.15) is 0 Å². The second-order valence-electron chi connectivity index (χ2n) is 3.42. The highest BCUT2D eigenvalue weighted by atomic mass is 16.5. The minimum atomic E-state index is -0.0823. The van der Waals surface area contributed by atoms with E-state index in [0.29, 0.717) is 11.5 Å². The number of hydrogen-bond donors (Lipinski definition) is 0. The lowest BCUT2D eigenvalue weighted by Gasteiger charge is -2.04. The first-order chi connectivity index (χ1) is 7.72. The standard InChI is InChI=1S/C13H12O3/c1-9(14)11-7-8-13(16-11)10-5-3-4-6-12(10)15-2/h3-8H,1-2H3. The van der Waals surface area contributed by atoms with Gasteiger partial charge in [-0.15, -0.1) is 0 Å². The molecule has 0 spiro atoms. The molecule has 0 bridgehead atoms. The van der Waals surface area contributed by atoms with Crippen LogP contribution in [0.2, 0.25) is 0 Å². The number of para-hydroxylation sites is 1. The first kappa shape index (κ1) is 10.5. The highest BCUT2D eigenvalue weighted by Gasteiger charge is 2.11. The molecule has 0 radical (unpaired) electrons. The number of furan rings is 1. The molecule has 16 heavy (non-hydrogen) atoms. The van der Waals surface area contributed by atoms with Gasteiger partial charge < -0.3 is 9.15 Å². The van der Waals surface area contributed by atoms with Crippen LogP contribution in [0, 0.1) is 0 Å². The van der Waals surface area contributed by atoms with Crippen LogP contribution in [0.3, 0.4) is 0 Å². The van der Waals surface area contributed by atoms with E-state index in [-0.39, 0.29) is 5.78 Å². The summed E-state index contributed by atoms with van der Waals surface area (Å²) in [5.41, 5.74) is 0.845. The van der Waals surface area contributed by atoms with E-state index >= 15 is 0 Å². The molecule has 0 aliphatic carbocycles. The van der Waals surface area contributed by atoms with Crippen LogP contribution in [0.1, 0.15) is 17.5 Å². The number of hydrogen-bond acceptors (Lipinski definition) is 3. The predicted molar refractivity (Wildman–Crippen MR) is 60.7 cm³/mol. The van der Waals surface area contributed by atoms with Gasteiger partial charge in [0, 0.05) is 6.92 Å². The lowest BCUT2D eigenvalue weighted by molar-refractivity contribution is 0.0988. The Kier molecular flexibility index (Phi) is 2.77. The van der Waals surface area contributed by atoms with Crippen LogP contribution in [-0.2, 0) is 0 Å². The van der Waals surface area contributed by atoms with E-state index in [1.54, 1.807) is 19.2 Å². The minimum absolute atomic E-state index is 0.0823. The third kappa shape index (κ3) is 1.84. The van der Waals surface area contributed by atoms with Crippen molar-refractivity contribution in [3.8, 4) is 17.1 Å². The van der Waals surface area contributed by atoms with Gasteiger partial charge in [-0.1, -0.05) is 12.1 Å². The van der Waals surface area contributed by atoms with Gasteiger partial charge in [0.05, 0.1) is 12.7 Å². The predicted octanol–water partition coefficient (Wildman–Crippen LogP) is 3.16. The molecule has 0 atom stereocenters. The Labute approximate surface area is 93.7 Å². The van der Waals surface area contributed by atoms with E-state index < -0.39 is 0 Å². The van der Waals surface area contributed by atoms with Crippen molar-refractivity contribution < 1.29 is 13.9 Å². The lowest BCUT2D eigenvalue weighted by atomic mass is 10.1. The number of carbonyl (C=O) groups is 1. The Balaban J connectivity index is 2.46. The molecule has 0 aliphatic rings. The first-order valence-electron chi connectivity index (χ1n) is 4.96. The van der Waals surface area contributed by atoms with Gasteiger partial charge in [0.15, 0.2) is 11.5 Å². The minimum Gasteiger partial charge on any atom is -0.496 e. The molecule has 3 heteroatoms. The smallest absolute Gasteiger partial charge is 0.194 e. The van der Waals surface area contributed by atoms with E-state index in [1.807, 2.05) is 24.3 Å². The monoisotopic (exact) mass is 216 g/mol. The molecular formula is C13H12O3. The summed E-state index contributed by atoms with van der Waals surface area (Å²) in [6.45, 7) is 1.48. The average molecular weight is 216 g/mol. The van der Waals surface area contributed by atoms with Crippen molar-refractivity contribution in [1.82, 2.24) is 0 Å². The number of ketones is 1. The summed E-state index contributed by atoms with van der Waals surface area (Å²) < 4.78 is 10.7. The van der Waals surface area contributed by atoms with Crippen LogP contribution in [0.15, 0.2) is 40.8 Å². The molecule has 1 heterocycles. The third-order valence-corrected chi connectivity index (χ3v) is 2.33. The highest BCUT2D eigenvalue weighted by Crippen LogP contribution is 2.30. The maximum atomic E-state index is 11.1. The molecule has 0 amide bonds. The van der Waals surface area contributed by atoms with Crippen LogP contribution in [0.25, 0.3) is 11.3 Å². The highest BCUT2D eigenvalue weighted by molar-refractivity contribution is 5.92. The van der Waals surface area contributed by atoms with Crippen molar-refractivity contribution >= 4 is 5.78 Å². The van der Waals surface area contributed by atoms with Crippen molar-refractivity contribution in [2.24, 2.45) is 0 Å². The van der Waals surface area contributed by atoms with Crippen molar-refractivity contribution in [3.05, 3.63) is 42.2 Å². The molecule has 0 unspecified atom stereocenters. The summed E-state index contributed by atoms with van der Waals surface area (Å²) in [6, 6.07) is 11.0. The molecule has 2 rings (SSSR count). The Bertz CT molecular complexity index is 511. The van der Waals surface area contributed by atoms with E-state index in [2.05, 4.69) is 0 Å². The largest absolute Gasteiger partial charge is 0.496 e. The van der Waals surface area contributed by atoms with Gasteiger partial charge in [0.1, 0.15) is 11.5 Å². The van der Waals surface area contributed by atoms with Crippen molar-refractivity contribution in [1.29, 1.82) is 0 Å². The Morgan fingerprint density at radius 1 is 1.19 bits per heavy atom. The van der Waals surface area contributed by atoms with Crippen molar-refractivity contribution in [2.45, 2.75) is 6.92 Å². The van der Waals surface area contributed by atoms with Gasteiger partial charge in [-0.3, -0.25) is 4.79 Å². The first-order valence-corrected chi connectivity index (χ1v) is 4.96. The third-order valence-electron chi connectivity index (χ3n) is 2.33. The quantitative estimate of drug-likeness (QED) is 0.740. The Hall–Kier alpha value is -2.03. The lowest BCUT2D eigenvalue weighted by Crippen LogP contribution is -1.87. The summed E-state index contributed by atoms with van der Waals surface area (Å²) in [5.74, 6) is 1.65. The molecular weight excluding hydrogens is 204 g/mol. The van der Waals surface area contributed by atoms with Gasteiger partial charge in [-0.25, -0.2) is 0 Å². The summed E-state index contributed by atoms with van der Waals surface area (Å²) in [7, 11) is 1.60. The summed E-state index contributed by atoms with van der Waals surface area (Å²) in [5, 5.41) is 0. The fraction of sp³-hybridized carbons (Fsp3) is 0.154. The van der Waals surface area contributed by atoms with Crippen LogP contribution < -0.4 is 4.74 Å². The summed E-state index contributed by atoms with van der Waals surface area (Å²) in [4.78, 5) is 11.1. The van der Waals surface area contributed by atoms with E-state index in [1.165, 1.54) is 6.92 Å². The zero-order valence-corrected chi connectivity index (χ0v) is 9.19. The zero-order valence-electron chi connectivity index (χ0n) is 9.19. The molecule has 0 saturated heterocycles. The molecule has 1 aromatic carbocycles. The van der Waals surface area contributed by atoms with Crippen LogP contribution >= 0.6 is 0 Å². The second-order valence-corrected chi connectivity index (χ2v) is 3.42. The van der Waals surface area contributed by atoms with Gasteiger partial charge in [0.2, 0.25) is 0 Å². The SMILES string of the molecule is COc1ccccc1-c1ccc(C(C)=O)o1. The van der Waals surface area contributed by atoms with Gasteiger partial charge in [-0.05, 0) is 24.3 Å². The number of benzene rings is 1. The molecule has 3 nitrogen and oxygen atoms in total. The Morgan fingerprint density at radius 3 is 2.56 bits per heavy atom. The molecule has 0 saturated carbocycles. The number of Topliss-reactive ketones (excluding diaryl/α,β-unsaturated/α-hetero) is 1. The molecule has 1 aromatic heterocycles. The fourth-order valence-corrected chi connectivity index (χ4v) is 1.52. The maximum absolute atomic E-state index is 11.1. The van der Waals surface area contributed by atoms with Gasteiger partial charge in [0.25, 0.3) is 0 Å². The van der Waals surface area contributed by atoms with Crippen molar-refractivity contribution in [2.75, 3.05) is 7.11 Å². The number of rotatable bonds is 3.